The first kappa shape index (κ1) is 36.0. The highest BCUT2D eigenvalue weighted by Crippen LogP contribution is 2.62. The molecule has 0 aromatic heterocycles. The zero-order valence-corrected chi connectivity index (χ0v) is 34.0. The van der Waals surface area contributed by atoms with Gasteiger partial charge in [-0.15, -0.1) is 0 Å². The van der Waals surface area contributed by atoms with E-state index >= 15 is 0 Å². The Morgan fingerprint density at radius 2 is 1.10 bits per heavy atom. The van der Waals surface area contributed by atoms with Gasteiger partial charge in [-0.2, -0.15) is 0 Å². The van der Waals surface area contributed by atoms with Crippen molar-refractivity contribution in [3.05, 3.63) is 252 Å². The van der Waals surface area contributed by atoms with E-state index in [-0.39, 0.29) is 0 Å². The molecule has 9 aromatic carbocycles. The summed E-state index contributed by atoms with van der Waals surface area (Å²) in [4.78, 5) is 2.34. The maximum atomic E-state index is 7.04. The van der Waals surface area contributed by atoms with Crippen molar-refractivity contribution < 1.29 is 9.47 Å². The first-order chi connectivity index (χ1) is 30.7. The molecule has 0 radical (unpaired) electrons. The van der Waals surface area contributed by atoms with Gasteiger partial charge in [-0.05, 0) is 111 Å². The molecule has 0 N–H and O–H groups in total. The molecule has 0 saturated carbocycles. The van der Waals surface area contributed by atoms with E-state index in [0.29, 0.717) is 17.2 Å². The highest BCUT2D eigenvalue weighted by atomic mass is 16.6. The second-order valence-electron chi connectivity index (χ2n) is 16.3. The topological polar surface area (TPSA) is 21.7 Å². The third-order valence-corrected chi connectivity index (χ3v) is 12.8. The van der Waals surface area contributed by atoms with E-state index in [1.807, 2.05) is 0 Å². The van der Waals surface area contributed by atoms with Crippen LogP contribution in [0.5, 0.6) is 23.0 Å². The summed E-state index contributed by atoms with van der Waals surface area (Å²) in [7, 11) is 0. The standard InChI is InChI=1S/C59H41NO2/c1-4-17-42(18-5-1)49-24-13-15-27-53(49)60(47-32-30-41(31-33-47)44-29-28-40-16-10-11-19-43(40)38-44)48-34-36-54-56(39-48)61-55-37-35-52-57(58(55)62-54)50-25-12-14-26-51(50)59(52,45-20-6-2-7-21-45)46-22-8-3-9-23-46/h2-4,6-39H,1,5H2. The molecule has 0 amide bonds. The first-order valence-corrected chi connectivity index (χ1v) is 21.5. The molecular formula is C59H41NO2. The Morgan fingerprint density at radius 3 is 1.87 bits per heavy atom. The molecule has 3 nitrogen and oxygen atoms in total. The van der Waals surface area contributed by atoms with Gasteiger partial charge >= 0.3 is 0 Å². The molecule has 0 spiro atoms. The van der Waals surface area contributed by atoms with E-state index < -0.39 is 5.41 Å². The van der Waals surface area contributed by atoms with Crippen molar-refractivity contribution in [1.29, 1.82) is 0 Å². The fraction of sp³-hybridized carbons (Fsp3) is 0.0508. The van der Waals surface area contributed by atoms with Crippen LogP contribution < -0.4 is 14.4 Å². The third-order valence-electron chi connectivity index (χ3n) is 12.8. The Bertz CT molecular complexity index is 3200. The number of rotatable bonds is 7. The number of fused-ring (bicyclic) bond motifs is 7. The molecule has 12 rings (SSSR count). The lowest BCUT2D eigenvalue weighted by atomic mass is 9.68. The zero-order chi connectivity index (χ0) is 41.0. The van der Waals surface area contributed by atoms with Crippen LogP contribution in [0.25, 0.3) is 38.6 Å². The lowest BCUT2D eigenvalue weighted by Gasteiger charge is -2.34. The van der Waals surface area contributed by atoms with Crippen LogP contribution in [-0.2, 0) is 5.41 Å². The summed E-state index contributed by atoms with van der Waals surface area (Å²) in [5.41, 5.74) is 14.4. The van der Waals surface area contributed by atoms with Gasteiger partial charge < -0.3 is 14.4 Å². The van der Waals surface area contributed by atoms with Gasteiger partial charge in [-0.1, -0.05) is 176 Å². The van der Waals surface area contributed by atoms with Gasteiger partial charge in [0, 0.05) is 22.9 Å². The van der Waals surface area contributed by atoms with Gasteiger partial charge in [0.25, 0.3) is 0 Å². The summed E-state index contributed by atoms with van der Waals surface area (Å²) >= 11 is 0. The SMILES string of the molecule is C1=CC(c2ccccc2N(c2ccc(-c3ccc4ccccc4c3)cc2)c2ccc3c(c2)Oc2ccc4c(c2O3)-c2ccccc2C4(c2ccccc2)c2ccccc2)=CCC1. The van der Waals surface area contributed by atoms with Crippen LogP contribution in [0.3, 0.4) is 0 Å². The Hall–Kier alpha value is -7.88. The molecule has 9 aromatic rings. The van der Waals surface area contributed by atoms with Crippen molar-refractivity contribution in [2.45, 2.75) is 18.3 Å². The fourth-order valence-electron chi connectivity index (χ4n) is 10.0. The number of para-hydroxylation sites is 1. The number of anilines is 3. The molecule has 62 heavy (non-hydrogen) atoms. The van der Waals surface area contributed by atoms with Gasteiger partial charge in [0.1, 0.15) is 0 Å². The molecule has 0 fully saturated rings. The molecule has 294 valence electrons. The van der Waals surface area contributed by atoms with E-state index in [4.69, 9.17) is 9.47 Å². The highest BCUT2D eigenvalue weighted by molar-refractivity contribution is 5.94. The Kier molecular flexibility index (Phi) is 8.53. The van der Waals surface area contributed by atoms with Gasteiger partial charge in [-0.25, -0.2) is 0 Å². The molecule has 0 bridgehead atoms. The van der Waals surface area contributed by atoms with Gasteiger partial charge in [0.2, 0.25) is 0 Å². The number of hydrogen-bond acceptors (Lipinski definition) is 3. The third kappa shape index (κ3) is 5.73. The van der Waals surface area contributed by atoms with E-state index in [1.54, 1.807) is 0 Å². The number of nitrogens with zero attached hydrogens (tertiary/aromatic N) is 1. The Labute approximate surface area is 362 Å². The molecule has 1 aliphatic heterocycles. The minimum atomic E-state index is -0.530. The lowest BCUT2D eigenvalue weighted by Crippen LogP contribution is -2.28. The summed E-state index contributed by atoms with van der Waals surface area (Å²) in [5, 5.41) is 2.47. The normalized spacial score (nSPS) is 14.1. The molecule has 1 heterocycles. The average molecular weight is 796 g/mol. The molecule has 0 unspecified atom stereocenters. The van der Waals surface area contributed by atoms with Crippen LogP contribution >= 0.6 is 0 Å². The van der Waals surface area contributed by atoms with Crippen LogP contribution in [0.15, 0.2) is 224 Å². The predicted octanol–water partition coefficient (Wildman–Crippen LogP) is 16.0. The van der Waals surface area contributed by atoms with Crippen molar-refractivity contribution in [1.82, 2.24) is 0 Å². The maximum absolute atomic E-state index is 7.04. The van der Waals surface area contributed by atoms with Crippen molar-refractivity contribution >= 4 is 33.4 Å². The van der Waals surface area contributed by atoms with Crippen molar-refractivity contribution in [3.63, 3.8) is 0 Å². The fourth-order valence-corrected chi connectivity index (χ4v) is 10.0. The molecule has 0 atom stereocenters. The molecule has 0 saturated heterocycles. The Morgan fingerprint density at radius 1 is 0.435 bits per heavy atom. The summed E-state index contributed by atoms with van der Waals surface area (Å²) in [6.07, 6.45) is 8.96. The minimum Gasteiger partial charge on any atom is -0.449 e. The summed E-state index contributed by atoms with van der Waals surface area (Å²) in [6.45, 7) is 0. The van der Waals surface area contributed by atoms with Crippen LogP contribution in [0.2, 0.25) is 0 Å². The molecule has 2 aliphatic carbocycles. The zero-order valence-electron chi connectivity index (χ0n) is 34.0. The van der Waals surface area contributed by atoms with Crippen LogP contribution in [0.4, 0.5) is 17.1 Å². The molecule has 3 aliphatic rings. The predicted molar refractivity (Wildman–Crippen MR) is 254 cm³/mol. The highest BCUT2D eigenvalue weighted by Gasteiger charge is 2.48. The number of allylic oxidation sites excluding steroid dienone is 4. The average Bonchev–Trinajstić information content (AvgIpc) is 3.66. The monoisotopic (exact) mass is 795 g/mol. The van der Waals surface area contributed by atoms with Gasteiger partial charge in [0.15, 0.2) is 23.0 Å². The van der Waals surface area contributed by atoms with E-state index in [0.717, 1.165) is 46.8 Å². The minimum absolute atomic E-state index is 0.530. The van der Waals surface area contributed by atoms with Crippen molar-refractivity contribution in [2.24, 2.45) is 0 Å². The molecule has 3 heteroatoms. The quantitative estimate of drug-likeness (QED) is 0.160. The van der Waals surface area contributed by atoms with E-state index in [2.05, 4.69) is 229 Å². The van der Waals surface area contributed by atoms with Crippen LogP contribution in [-0.4, -0.2) is 0 Å². The van der Waals surface area contributed by atoms with Gasteiger partial charge in [-0.3, -0.25) is 0 Å². The second-order valence-corrected chi connectivity index (χ2v) is 16.3. The summed E-state index contributed by atoms with van der Waals surface area (Å²) in [5.74, 6) is 2.79. The summed E-state index contributed by atoms with van der Waals surface area (Å²) < 4.78 is 14.0. The largest absolute Gasteiger partial charge is 0.449 e. The summed E-state index contributed by atoms with van der Waals surface area (Å²) in [6, 6.07) is 74.0. The number of hydrogen-bond donors (Lipinski definition) is 0. The van der Waals surface area contributed by atoms with E-state index in [1.165, 1.54) is 55.3 Å². The first-order valence-electron chi connectivity index (χ1n) is 21.5. The lowest BCUT2D eigenvalue weighted by molar-refractivity contribution is 0.360. The smallest absolute Gasteiger partial charge is 0.178 e. The van der Waals surface area contributed by atoms with Crippen LogP contribution in [0, 0.1) is 0 Å². The molecular weight excluding hydrogens is 755 g/mol. The number of benzene rings is 9. The number of ether oxygens (including phenoxy) is 2. The maximum Gasteiger partial charge on any atom is 0.178 e. The van der Waals surface area contributed by atoms with E-state index in [9.17, 15) is 0 Å². The van der Waals surface area contributed by atoms with Crippen molar-refractivity contribution in [3.8, 4) is 45.3 Å². The van der Waals surface area contributed by atoms with Crippen LogP contribution in [0.1, 0.15) is 40.7 Å². The Balaban J connectivity index is 0.974. The second kappa shape index (κ2) is 14.7. The van der Waals surface area contributed by atoms with Crippen molar-refractivity contribution in [2.75, 3.05) is 4.90 Å². The van der Waals surface area contributed by atoms with Gasteiger partial charge in [0.05, 0.1) is 16.8 Å².